The van der Waals surface area contributed by atoms with Crippen molar-refractivity contribution in [1.82, 2.24) is 0 Å². The molecular weight excluding hydrogens is 400 g/mol. The molecule has 0 spiro atoms. The number of aliphatic hydroxyl groups excluding tert-OH is 1. The zero-order valence-electron chi connectivity index (χ0n) is 14.7. The third-order valence-corrected chi connectivity index (χ3v) is 5.38. The van der Waals surface area contributed by atoms with Crippen molar-refractivity contribution in [2.24, 2.45) is 0 Å². The summed E-state index contributed by atoms with van der Waals surface area (Å²) in [5.74, 6) is -2.11. The lowest BCUT2D eigenvalue weighted by atomic mass is 9.76. The van der Waals surface area contributed by atoms with Crippen LogP contribution in [0, 0.1) is 17.1 Å². The van der Waals surface area contributed by atoms with Crippen molar-refractivity contribution in [3.8, 4) is 11.8 Å². The standard InChI is InChI=1S/C20H13F6NO2/c21-11-6-9-2-1-3-12(15(9)10(7-11)8-27)13-4-5-14(19(22,23)24)16-17(13)29-20(25,26)18(16)28/h4-7,12,18,28H,1-3H2/t12-,18-/m0/s1. The average molecular weight is 413 g/mol. The molecule has 1 N–H and O–H groups in total. The van der Waals surface area contributed by atoms with Crippen LogP contribution in [0.4, 0.5) is 26.3 Å². The fourth-order valence-electron chi connectivity index (χ4n) is 4.22. The monoisotopic (exact) mass is 413 g/mol. The summed E-state index contributed by atoms with van der Waals surface area (Å²) in [4.78, 5) is 0. The first-order valence-electron chi connectivity index (χ1n) is 8.76. The molecule has 1 heterocycles. The van der Waals surface area contributed by atoms with Crippen molar-refractivity contribution in [2.75, 3.05) is 0 Å². The number of fused-ring (bicyclic) bond motifs is 2. The lowest BCUT2D eigenvalue weighted by molar-refractivity contribution is -0.225. The van der Waals surface area contributed by atoms with Gasteiger partial charge in [0, 0.05) is 17.0 Å². The van der Waals surface area contributed by atoms with Gasteiger partial charge in [0.15, 0.2) is 6.10 Å². The van der Waals surface area contributed by atoms with E-state index in [0.717, 1.165) is 12.1 Å². The van der Waals surface area contributed by atoms with E-state index in [1.807, 2.05) is 6.07 Å². The molecule has 0 bridgehead atoms. The highest BCUT2D eigenvalue weighted by Crippen LogP contribution is 2.55. The van der Waals surface area contributed by atoms with E-state index < -0.39 is 47.0 Å². The van der Waals surface area contributed by atoms with Gasteiger partial charge in [0.25, 0.3) is 0 Å². The van der Waals surface area contributed by atoms with Gasteiger partial charge >= 0.3 is 12.3 Å². The minimum absolute atomic E-state index is 0.00767. The van der Waals surface area contributed by atoms with Crippen LogP contribution in [-0.2, 0) is 12.6 Å². The molecule has 152 valence electrons. The highest BCUT2D eigenvalue weighted by atomic mass is 19.4. The summed E-state index contributed by atoms with van der Waals surface area (Å²) in [6, 6.07) is 5.76. The minimum atomic E-state index is -4.97. The molecule has 1 aliphatic carbocycles. The van der Waals surface area contributed by atoms with Gasteiger partial charge in [0.05, 0.1) is 17.2 Å². The summed E-state index contributed by atoms with van der Waals surface area (Å²) < 4.78 is 86.3. The zero-order valence-corrected chi connectivity index (χ0v) is 14.7. The van der Waals surface area contributed by atoms with Crippen LogP contribution in [0.15, 0.2) is 24.3 Å². The van der Waals surface area contributed by atoms with Gasteiger partial charge in [-0.05, 0) is 48.6 Å². The number of aryl methyl sites for hydroxylation is 1. The third kappa shape index (κ3) is 3.02. The lowest BCUT2D eigenvalue weighted by Gasteiger charge is -2.28. The SMILES string of the molecule is N#Cc1cc(F)cc2c1[C@H](c1ccc(C(F)(F)F)c3c1OC(F)(F)[C@H]3O)CCC2. The van der Waals surface area contributed by atoms with E-state index in [1.54, 1.807) is 0 Å². The molecule has 29 heavy (non-hydrogen) atoms. The Bertz CT molecular complexity index is 1040. The first kappa shape index (κ1) is 19.6. The summed E-state index contributed by atoms with van der Waals surface area (Å²) in [5.41, 5.74) is -1.55. The second-order valence-corrected chi connectivity index (χ2v) is 7.09. The molecule has 0 radical (unpaired) electrons. The Labute approximate surface area is 161 Å². The van der Waals surface area contributed by atoms with E-state index in [-0.39, 0.29) is 11.1 Å². The molecule has 0 saturated heterocycles. The maximum absolute atomic E-state index is 14.0. The fraction of sp³-hybridized carbons (Fsp3) is 0.350. The molecule has 0 aromatic heterocycles. The van der Waals surface area contributed by atoms with Gasteiger partial charge in [-0.1, -0.05) is 6.07 Å². The van der Waals surface area contributed by atoms with Gasteiger partial charge in [-0.15, -0.1) is 0 Å². The molecule has 9 heteroatoms. The number of halogens is 6. The van der Waals surface area contributed by atoms with Gasteiger partial charge < -0.3 is 9.84 Å². The summed E-state index contributed by atoms with van der Waals surface area (Å²) in [6.45, 7) is 0. The fourth-order valence-corrected chi connectivity index (χ4v) is 4.22. The number of alkyl halides is 5. The molecular formula is C20H13F6NO2. The summed E-state index contributed by atoms with van der Waals surface area (Å²) in [7, 11) is 0. The van der Waals surface area contributed by atoms with Gasteiger partial charge in [0.1, 0.15) is 11.6 Å². The number of nitriles is 1. The van der Waals surface area contributed by atoms with Crippen LogP contribution in [0.2, 0.25) is 0 Å². The Kier molecular flexibility index (Phi) is 4.31. The topological polar surface area (TPSA) is 53.2 Å². The smallest absolute Gasteiger partial charge is 0.429 e. The van der Waals surface area contributed by atoms with Gasteiger partial charge in [-0.2, -0.15) is 27.2 Å². The minimum Gasteiger partial charge on any atom is -0.430 e. The van der Waals surface area contributed by atoms with Gasteiger partial charge in [-0.25, -0.2) is 4.39 Å². The maximum Gasteiger partial charge on any atom is 0.429 e. The molecule has 2 aromatic rings. The Morgan fingerprint density at radius 1 is 1.17 bits per heavy atom. The van der Waals surface area contributed by atoms with Crippen LogP contribution in [0.25, 0.3) is 0 Å². The van der Waals surface area contributed by atoms with Crippen LogP contribution in [0.1, 0.15) is 58.2 Å². The van der Waals surface area contributed by atoms with E-state index in [4.69, 9.17) is 0 Å². The van der Waals surface area contributed by atoms with Gasteiger partial charge in [0.2, 0.25) is 0 Å². The van der Waals surface area contributed by atoms with Crippen molar-refractivity contribution in [2.45, 2.75) is 43.6 Å². The van der Waals surface area contributed by atoms with Crippen molar-refractivity contribution in [3.05, 3.63) is 63.5 Å². The van der Waals surface area contributed by atoms with E-state index in [0.29, 0.717) is 36.5 Å². The third-order valence-electron chi connectivity index (χ3n) is 5.38. The van der Waals surface area contributed by atoms with Crippen molar-refractivity contribution in [3.63, 3.8) is 0 Å². The highest BCUT2D eigenvalue weighted by molar-refractivity contribution is 5.58. The second-order valence-electron chi connectivity index (χ2n) is 7.09. The van der Waals surface area contributed by atoms with Crippen LogP contribution in [-0.4, -0.2) is 11.2 Å². The second kappa shape index (κ2) is 6.39. The number of nitrogens with zero attached hydrogens (tertiary/aromatic N) is 1. The van der Waals surface area contributed by atoms with Crippen molar-refractivity contribution < 1.29 is 36.2 Å². The molecule has 0 unspecified atom stereocenters. The first-order chi connectivity index (χ1) is 13.5. The molecule has 4 rings (SSSR count). The Morgan fingerprint density at radius 2 is 1.90 bits per heavy atom. The molecule has 3 nitrogen and oxygen atoms in total. The van der Waals surface area contributed by atoms with E-state index in [9.17, 15) is 36.7 Å². The number of hydrogen-bond acceptors (Lipinski definition) is 3. The van der Waals surface area contributed by atoms with Crippen molar-refractivity contribution in [1.29, 1.82) is 5.26 Å². The quantitative estimate of drug-likeness (QED) is 0.654. The number of ether oxygens (including phenoxy) is 1. The average Bonchev–Trinajstić information content (AvgIpc) is 2.88. The maximum atomic E-state index is 14.0. The molecule has 2 aromatic carbocycles. The number of rotatable bonds is 1. The van der Waals surface area contributed by atoms with Crippen LogP contribution < -0.4 is 4.74 Å². The van der Waals surface area contributed by atoms with Gasteiger partial charge in [-0.3, -0.25) is 0 Å². The normalized spacial score (nSPS) is 22.4. The predicted octanol–water partition coefficient (Wildman–Crippen LogP) is 5.20. The molecule has 0 saturated carbocycles. The summed E-state index contributed by atoms with van der Waals surface area (Å²) in [5, 5.41) is 19.2. The molecule has 0 fully saturated rings. The molecule has 2 atom stereocenters. The van der Waals surface area contributed by atoms with Crippen molar-refractivity contribution >= 4 is 0 Å². The van der Waals surface area contributed by atoms with E-state index in [1.165, 1.54) is 6.07 Å². The molecule has 2 aliphatic rings. The number of hydrogen-bond donors (Lipinski definition) is 1. The summed E-state index contributed by atoms with van der Waals surface area (Å²) in [6.07, 6.45) is -10.7. The summed E-state index contributed by atoms with van der Waals surface area (Å²) >= 11 is 0. The van der Waals surface area contributed by atoms with Crippen LogP contribution in [0.3, 0.4) is 0 Å². The Morgan fingerprint density at radius 3 is 2.55 bits per heavy atom. The highest BCUT2D eigenvalue weighted by Gasteiger charge is 2.55. The molecule has 1 aliphatic heterocycles. The zero-order chi connectivity index (χ0) is 21.1. The predicted molar refractivity (Wildman–Crippen MR) is 87.9 cm³/mol. The van der Waals surface area contributed by atoms with E-state index in [2.05, 4.69) is 4.74 Å². The van der Waals surface area contributed by atoms with Crippen LogP contribution in [0.5, 0.6) is 5.75 Å². The number of benzene rings is 2. The van der Waals surface area contributed by atoms with E-state index >= 15 is 0 Å². The lowest BCUT2D eigenvalue weighted by Crippen LogP contribution is -2.27. The molecule has 0 amide bonds. The Hall–Kier alpha value is -2.73. The number of aliphatic hydroxyl groups is 1. The Balaban J connectivity index is 1.96. The van der Waals surface area contributed by atoms with Crippen LogP contribution >= 0.6 is 0 Å². The first-order valence-corrected chi connectivity index (χ1v) is 8.76. The largest absolute Gasteiger partial charge is 0.430 e.